The molecule has 3 heterocycles. The van der Waals surface area contributed by atoms with Crippen LogP contribution in [-0.2, 0) is 22.1 Å². The van der Waals surface area contributed by atoms with E-state index >= 15 is 0 Å². The summed E-state index contributed by atoms with van der Waals surface area (Å²) in [7, 11) is 0. The number of halogens is 3. The van der Waals surface area contributed by atoms with E-state index in [4.69, 9.17) is 14.6 Å². The Balaban J connectivity index is 1.27. The number of benzene rings is 2. The number of fused-ring (bicyclic) bond motifs is 1. The van der Waals surface area contributed by atoms with E-state index in [1.807, 2.05) is 6.07 Å². The van der Waals surface area contributed by atoms with Crippen LogP contribution in [0, 0.1) is 0 Å². The fourth-order valence-corrected chi connectivity index (χ4v) is 6.44. The summed E-state index contributed by atoms with van der Waals surface area (Å²) in [5.74, 6) is -0.222. The van der Waals surface area contributed by atoms with Crippen LogP contribution in [0.3, 0.4) is 0 Å². The SMILES string of the molecule is O=C(O)Cc1cccc(OCCC2(N3CCOCC3)CCN(c3nc4ccc(C(F)(F)F)cc4s3)CC2)c1. The molecule has 0 bridgehead atoms. The summed E-state index contributed by atoms with van der Waals surface area (Å²) in [6, 6.07) is 10.9. The van der Waals surface area contributed by atoms with Crippen molar-refractivity contribution in [1.82, 2.24) is 9.88 Å². The normalized spacial score (nSPS) is 18.6. The third-order valence-electron chi connectivity index (χ3n) is 7.44. The smallest absolute Gasteiger partial charge is 0.416 e. The van der Waals surface area contributed by atoms with Crippen molar-refractivity contribution in [2.24, 2.45) is 0 Å². The lowest BCUT2D eigenvalue weighted by atomic mass is 9.82. The van der Waals surface area contributed by atoms with E-state index < -0.39 is 17.7 Å². The summed E-state index contributed by atoms with van der Waals surface area (Å²) in [5, 5.41) is 9.81. The van der Waals surface area contributed by atoms with Crippen LogP contribution in [-0.4, -0.2) is 72.5 Å². The van der Waals surface area contributed by atoms with Crippen molar-refractivity contribution in [3.05, 3.63) is 53.6 Å². The number of aromatic nitrogens is 1. The molecule has 7 nitrogen and oxygen atoms in total. The molecule has 3 aromatic rings. The third-order valence-corrected chi connectivity index (χ3v) is 8.52. The lowest BCUT2D eigenvalue weighted by molar-refractivity contribution is -0.138. The molecule has 0 aliphatic carbocycles. The van der Waals surface area contributed by atoms with Crippen LogP contribution in [0.1, 0.15) is 30.4 Å². The molecular formula is C27H30F3N3O4S. The van der Waals surface area contributed by atoms with Gasteiger partial charge in [-0.1, -0.05) is 23.5 Å². The molecule has 0 amide bonds. The highest BCUT2D eigenvalue weighted by atomic mass is 32.1. The maximum absolute atomic E-state index is 13.1. The summed E-state index contributed by atoms with van der Waals surface area (Å²) in [5.41, 5.74) is 0.545. The van der Waals surface area contributed by atoms with E-state index in [1.165, 1.54) is 23.5 Å². The van der Waals surface area contributed by atoms with Crippen molar-refractivity contribution in [3.8, 4) is 5.75 Å². The largest absolute Gasteiger partial charge is 0.494 e. The molecule has 2 aliphatic rings. The minimum atomic E-state index is -4.37. The second-order valence-electron chi connectivity index (χ2n) is 9.80. The molecule has 0 saturated carbocycles. The number of rotatable bonds is 8. The van der Waals surface area contributed by atoms with Gasteiger partial charge < -0.3 is 19.5 Å². The van der Waals surface area contributed by atoms with Gasteiger partial charge >= 0.3 is 12.1 Å². The van der Waals surface area contributed by atoms with E-state index in [-0.39, 0.29) is 12.0 Å². The van der Waals surface area contributed by atoms with E-state index in [1.54, 1.807) is 18.2 Å². The number of ether oxygens (including phenoxy) is 2. The highest BCUT2D eigenvalue weighted by Crippen LogP contribution is 2.39. The fourth-order valence-electron chi connectivity index (χ4n) is 5.38. The first-order valence-electron chi connectivity index (χ1n) is 12.7. The zero-order valence-electron chi connectivity index (χ0n) is 20.9. The Labute approximate surface area is 222 Å². The summed E-state index contributed by atoms with van der Waals surface area (Å²) < 4.78 is 51.6. The van der Waals surface area contributed by atoms with Crippen molar-refractivity contribution in [1.29, 1.82) is 0 Å². The zero-order chi connectivity index (χ0) is 26.8. The number of hydrogen-bond acceptors (Lipinski definition) is 7. The Hall–Kier alpha value is -2.89. The highest BCUT2D eigenvalue weighted by Gasteiger charge is 2.41. The summed E-state index contributed by atoms with van der Waals surface area (Å²) in [6.07, 6.45) is -1.87. The second-order valence-corrected chi connectivity index (χ2v) is 10.8. The number of carbonyl (C=O) groups is 1. The lowest BCUT2D eigenvalue weighted by Crippen LogP contribution is -2.59. The number of aliphatic carboxylic acids is 1. The van der Waals surface area contributed by atoms with Crippen LogP contribution >= 0.6 is 11.3 Å². The highest BCUT2D eigenvalue weighted by molar-refractivity contribution is 7.22. The second kappa shape index (κ2) is 11.1. The number of alkyl halides is 3. The van der Waals surface area contributed by atoms with Gasteiger partial charge in [0.2, 0.25) is 0 Å². The average molecular weight is 550 g/mol. The van der Waals surface area contributed by atoms with Crippen molar-refractivity contribution < 1.29 is 32.5 Å². The van der Waals surface area contributed by atoms with Gasteiger partial charge in [0.1, 0.15) is 5.75 Å². The molecule has 1 N–H and O–H groups in total. The van der Waals surface area contributed by atoms with Crippen molar-refractivity contribution in [2.45, 2.75) is 37.4 Å². The Morgan fingerprint density at radius 3 is 2.58 bits per heavy atom. The molecule has 2 aliphatic heterocycles. The van der Waals surface area contributed by atoms with Crippen LogP contribution in [0.4, 0.5) is 18.3 Å². The zero-order valence-corrected chi connectivity index (χ0v) is 21.7. The lowest BCUT2D eigenvalue weighted by Gasteiger charge is -2.50. The number of hydrogen-bond donors (Lipinski definition) is 1. The fraction of sp³-hybridized carbons (Fsp3) is 0.481. The average Bonchev–Trinajstić information content (AvgIpc) is 3.32. The Morgan fingerprint density at radius 1 is 1.11 bits per heavy atom. The molecule has 38 heavy (non-hydrogen) atoms. The summed E-state index contributed by atoms with van der Waals surface area (Å²) >= 11 is 1.31. The maximum Gasteiger partial charge on any atom is 0.416 e. The number of carboxylic acids is 1. The first kappa shape index (κ1) is 26.7. The van der Waals surface area contributed by atoms with Crippen molar-refractivity contribution in [2.75, 3.05) is 50.9 Å². The molecule has 1 aromatic heterocycles. The van der Waals surface area contributed by atoms with Crippen LogP contribution in [0.15, 0.2) is 42.5 Å². The number of morpholine rings is 1. The molecule has 204 valence electrons. The van der Waals surface area contributed by atoms with Gasteiger partial charge in [0.05, 0.1) is 42.0 Å². The molecule has 5 rings (SSSR count). The van der Waals surface area contributed by atoms with Crippen LogP contribution in [0.5, 0.6) is 5.75 Å². The van der Waals surface area contributed by atoms with Crippen LogP contribution in [0.25, 0.3) is 10.2 Å². The molecule has 2 aromatic carbocycles. The van der Waals surface area contributed by atoms with E-state index in [2.05, 4.69) is 14.8 Å². The minimum absolute atomic E-state index is 0.0476. The number of nitrogens with zero attached hydrogens (tertiary/aromatic N) is 3. The first-order chi connectivity index (χ1) is 18.2. The topological polar surface area (TPSA) is 75.1 Å². The van der Waals surface area contributed by atoms with Gasteiger partial charge in [0, 0.05) is 31.7 Å². The molecule has 0 spiro atoms. The predicted molar refractivity (Wildman–Crippen MR) is 139 cm³/mol. The molecule has 2 saturated heterocycles. The quantitative estimate of drug-likeness (QED) is 0.420. The number of anilines is 1. The minimum Gasteiger partial charge on any atom is -0.494 e. The predicted octanol–water partition coefficient (Wildman–Crippen LogP) is 5.08. The monoisotopic (exact) mass is 549 g/mol. The van der Waals surface area contributed by atoms with Gasteiger partial charge in [-0.05, 0) is 55.2 Å². The van der Waals surface area contributed by atoms with E-state index in [9.17, 15) is 18.0 Å². The van der Waals surface area contributed by atoms with Gasteiger partial charge in [-0.15, -0.1) is 0 Å². The molecule has 0 radical (unpaired) electrons. The van der Waals surface area contributed by atoms with Gasteiger partial charge in [-0.25, -0.2) is 4.98 Å². The Morgan fingerprint density at radius 2 is 1.87 bits per heavy atom. The van der Waals surface area contributed by atoms with Gasteiger partial charge in [-0.3, -0.25) is 9.69 Å². The number of piperidine rings is 1. The van der Waals surface area contributed by atoms with Gasteiger partial charge in [0.15, 0.2) is 5.13 Å². The summed E-state index contributed by atoms with van der Waals surface area (Å²) in [6.45, 7) is 5.04. The van der Waals surface area contributed by atoms with E-state index in [0.29, 0.717) is 41.4 Å². The maximum atomic E-state index is 13.1. The molecule has 2 fully saturated rings. The number of carboxylic acid groups (broad SMARTS) is 1. The molecular weight excluding hydrogens is 519 g/mol. The first-order valence-corrected chi connectivity index (χ1v) is 13.5. The van der Waals surface area contributed by atoms with Gasteiger partial charge in [0.25, 0.3) is 0 Å². The standard InChI is InChI=1S/C27H30F3N3O4S/c28-27(29,30)20-4-5-22-23(18-20)38-25(31-22)32-9-6-26(7-10-32,33-11-14-36-15-12-33)8-13-37-21-3-1-2-19(16-21)17-24(34)35/h1-5,16,18H,6-15,17H2,(H,34,35). The third kappa shape index (κ3) is 6.05. The van der Waals surface area contributed by atoms with E-state index in [0.717, 1.165) is 56.6 Å². The van der Waals surface area contributed by atoms with Gasteiger partial charge in [-0.2, -0.15) is 13.2 Å². The van der Waals surface area contributed by atoms with Crippen LogP contribution in [0.2, 0.25) is 0 Å². The van der Waals surface area contributed by atoms with Crippen LogP contribution < -0.4 is 9.64 Å². The molecule has 0 unspecified atom stereocenters. The van der Waals surface area contributed by atoms with Crippen molar-refractivity contribution >= 4 is 32.7 Å². The summed E-state index contributed by atoms with van der Waals surface area (Å²) in [4.78, 5) is 20.3. The Kier molecular flexibility index (Phi) is 7.78. The Bertz CT molecular complexity index is 1270. The number of thiazole rings is 1. The van der Waals surface area contributed by atoms with Crippen molar-refractivity contribution in [3.63, 3.8) is 0 Å². The molecule has 0 atom stereocenters. The molecule has 11 heteroatoms.